The van der Waals surface area contributed by atoms with Crippen LogP contribution in [0.5, 0.6) is 0 Å². The molecule has 0 saturated heterocycles. The van der Waals surface area contributed by atoms with Gasteiger partial charge in [-0.1, -0.05) is 0 Å². The highest BCUT2D eigenvalue weighted by atomic mass is 79.9. The van der Waals surface area contributed by atoms with Gasteiger partial charge in [0.1, 0.15) is 5.82 Å². The van der Waals surface area contributed by atoms with Crippen LogP contribution < -0.4 is 5.32 Å². The predicted octanol–water partition coefficient (Wildman–Crippen LogP) is 3.34. The second-order valence-electron chi connectivity index (χ2n) is 3.63. The molecule has 3 nitrogen and oxygen atoms in total. The molecule has 0 fully saturated rings. The Balaban J connectivity index is 2.37. The molecule has 94 valence electrons. The molecule has 1 N–H and O–H groups in total. The summed E-state index contributed by atoms with van der Waals surface area (Å²) in [7, 11) is 1.63. The van der Waals surface area contributed by atoms with Crippen LogP contribution >= 0.6 is 15.9 Å². The van der Waals surface area contributed by atoms with Crippen LogP contribution in [-0.4, -0.2) is 19.6 Å². The van der Waals surface area contributed by atoms with Crippen molar-refractivity contribution in [2.45, 2.75) is 19.3 Å². The summed E-state index contributed by atoms with van der Waals surface area (Å²) >= 11 is 3.05. The Morgan fingerprint density at radius 1 is 1.47 bits per heavy atom. The van der Waals surface area contributed by atoms with Gasteiger partial charge >= 0.3 is 0 Å². The van der Waals surface area contributed by atoms with Crippen LogP contribution in [0.3, 0.4) is 0 Å². The first-order valence-corrected chi connectivity index (χ1v) is 6.16. The third kappa shape index (κ3) is 5.28. The molecule has 0 unspecified atom stereocenters. The molecule has 0 aliphatic heterocycles. The van der Waals surface area contributed by atoms with Gasteiger partial charge in [-0.05, 0) is 47.0 Å². The van der Waals surface area contributed by atoms with Gasteiger partial charge in [-0.2, -0.15) is 0 Å². The lowest BCUT2D eigenvalue weighted by atomic mass is 10.2. The van der Waals surface area contributed by atoms with Gasteiger partial charge in [0.2, 0.25) is 5.91 Å². The second kappa shape index (κ2) is 7.40. The van der Waals surface area contributed by atoms with Crippen LogP contribution in [-0.2, 0) is 9.53 Å². The van der Waals surface area contributed by atoms with Crippen LogP contribution in [0.2, 0.25) is 0 Å². The quantitative estimate of drug-likeness (QED) is 0.819. The highest BCUT2D eigenvalue weighted by Gasteiger charge is 2.04. The number of nitrogens with one attached hydrogen (secondary N) is 1. The van der Waals surface area contributed by atoms with E-state index < -0.39 is 0 Å². The normalized spacial score (nSPS) is 10.3. The van der Waals surface area contributed by atoms with E-state index in [4.69, 9.17) is 4.74 Å². The number of carbonyl (C=O) groups is 1. The van der Waals surface area contributed by atoms with Gasteiger partial charge in [-0.3, -0.25) is 4.79 Å². The van der Waals surface area contributed by atoms with Crippen molar-refractivity contribution < 1.29 is 13.9 Å². The zero-order chi connectivity index (χ0) is 12.7. The lowest BCUT2D eigenvalue weighted by Gasteiger charge is -2.05. The number of amides is 1. The number of anilines is 1. The molecule has 0 aliphatic carbocycles. The Labute approximate surface area is 108 Å². The summed E-state index contributed by atoms with van der Waals surface area (Å²) in [5, 5.41) is 2.65. The summed E-state index contributed by atoms with van der Waals surface area (Å²) in [4.78, 5) is 11.5. The summed E-state index contributed by atoms with van der Waals surface area (Å²) in [6.45, 7) is 0.653. The van der Waals surface area contributed by atoms with Gasteiger partial charge in [0, 0.05) is 25.8 Å². The number of hydrogen-bond donors (Lipinski definition) is 1. The third-order valence-electron chi connectivity index (χ3n) is 2.21. The fraction of sp³-hybridized carbons (Fsp3) is 0.417. The molecule has 0 saturated carbocycles. The Morgan fingerprint density at radius 3 is 2.88 bits per heavy atom. The average Bonchev–Trinajstić information content (AvgIpc) is 2.30. The first-order valence-electron chi connectivity index (χ1n) is 5.37. The van der Waals surface area contributed by atoms with Crippen LogP contribution in [0.4, 0.5) is 10.1 Å². The van der Waals surface area contributed by atoms with Crippen molar-refractivity contribution in [1.82, 2.24) is 0 Å². The molecule has 1 aromatic rings. The van der Waals surface area contributed by atoms with Gasteiger partial charge in [0.25, 0.3) is 0 Å². The first kappa shape index (κ1) is 14.1. The largest absolute Gasteiger partial charge is 0.385 e. The standard InChI is InChI=1S/C12H15BrFNO2/c1-17-7-3-2-4-12(16)15-9-5-6-10(13)11(14)8-9/h5-6,8H,2-4,7H2,1H3,(H,15,16). The Morgan fingerprint density at radius 2 is 2.24 bits per heavy atom. The molecule has 1 rings (SSSR count). The van der Waals surface area contributed by atoms with Crippen molar-refractivity contribution in [3.8, 4) is 0 Å². The minimum atomic E-state index is -0.387. The SMILES string of the molecule is COCCCCC(=O)Nc1ccc(Br)c(F)c1. The van der Waals surface area contributed by atoms with E-state index in [1.165, 1.54) is 6.07 Å². The van der Waals surface area contributed by atoms with E-state index in [2.05, 4.69) is 21.2 Å². The first-order chi connectivity index (χ1) is 8.13. The zero-order valence-corrected chi connectivity index (χ0v) is 11.2. The van der Waals surface area contributed by atoms with Crippen molar-refractivity contribution in [2.24, 2.45) is 0 Å². The average molecular weight is 304 g/mol. The molecule has 0 heterocycles. The maximum absolute atomic E-state index is 13.2. The smallest absolute Gasteiger partial charge is 0.224 e. The molecule has 0 spiro atoms. The summed E-state index contributed by atoms with van der Waals surface area (Å²) in [5.74, 6) is -0.495. The molecule has 5 heteroatoms. The molecule has 1 aromatic carbocycles. The Hall–Kier alpha value is -0.940. The minimum absolute atomic E-state index is 0.108. The maximum Gasteiger partial charge on any atom is 0.224 e. The fourth-order valence-electron chi connectivity index (χ4n) is 1.33. The number of ether oxygens (including phenoxy) is 1. The van der Waals surface area contributed by atoms with Crippen molar-refractivity contribution in [3.05, 3.63) is 28.5 Å². The Bertz CT molecular complexity index is 385. The number of halogens is 2. The molecule has 0 aliphatic rings. The zero-order valence-electron chi connectivity index (χ0n) is 9.63. The summed E-state index contributed by atoms with van der Waals surface area (Å²) in [6, 6.07) is 4.51. The molecule has 0 radical (unpaired) electrons. The molecule has 17 heavy (non-hydrogen) atoms. The molecule has 0 bridgehead atoms. The van der Waals surface area contributed by atoms with Crippen LogP contribution in [0.1, 0.15) is 19.3 Å². The van der Waals surface area contributed by atoms with E-state index >= 15 is 0 Å². The monoisotopic (exact) mass is 303 g/mol. The number of benzene rings is 1. The van der Waals surface area contributed by atoms with Gasteiger partial charge < -0.3 is 10.1 Å². The molecule has 1 amide bonds. The number of rotatable bonds is 6. The molecular weight excluding hydrogens is 289 g/mol. The van der Waals surface area contributed by atoms with Crippen molar-refractivity contribution in [3.63, 3.8) is 0 Å². The number of unbranched alkanes of at least 4 members (excludes halogenated alkanes) is 1. The van der Waals surface area contributed by atoms with Gasteiger partial charge in [0.15, 0.2) is 0 Å². The topological polar surface area (TPSA) is 38.3 Å². The molecule has 0 atom stereocenters. The van der Waals surface area contributed by atoms with Crippen LogP contribution in [0.15, 0.2) is 22.7 Å². The lowest BCUT2D eigenvalue weighted by molar-refractivity contribution is -0.116. The summed E-state index contributed by atoms with van der Waals surface area (Å²) < 4.78 is 18.4. The summed E-state index contributed by atoms with van der Waals surface area (Å²) in [5.41, 5.74) is 0.474. The predicted molar refractivity (Wildman–Crippen MR) is 68.5 cm³/mol. The molecule has 0 aromatic heterocycles. The van der Waals surface area contributed by atoms with Crippen molar-refractivity contribution in [2.75, 3.05) is 19.0 Å². The summed E-state index contributed by atoms with van der Waals surface area (Å²) in [6.07, 6.45) is 2.03. The highest BCUT2D eigenvalue weighted by molar-refractivity contribution is 9.10. The van der Waals surface area contributed by atoms with Crippen molar-refractivity contribution >= 4 is 27.5 Å². The number of hydrogen-bond acceptors (Lipinski definition) is 2. The van der Waals surface area contributed by atoms with E-state index in [9.17, 15) is 9.18 Å². The fourth-order valence-corrected chi connectivity index (χ4v) is 1.58. The van der Waals surface area contributed by atoms with E-state index in [1.807, 2.05) is 0 Å². The third-order valence-corrected chi connectivity index (χ3v) is 2.85. The van der Waals surface area contributed by atoms with E-state index in [1.54, 1.807) is 19.2 Å². The minimum Gasteiger partial charge on any atom is -0.385 e. The highest BCUT2D eigenvalue weighted by Crippen LogP contribution is 2.19. The maximum atomic E-state index is 13.2. The van der Waals surface area contributed by atoms with Gasteiger partial charge in [0.05, 0.1) is 4.47 Å². The van der Waals surface area contributed by atoms with Gasteiger partial charge in [-0.15, -0.1) is 0 Å². The lowest BCUT2D eigenvalue weighted by Crippen LogP contribution is -2.11. The number of methoxy groups -OCH3 is 1. The number of carbonyl (C=O) groups excluding carboxylic acids is 1. The van der Waals surface area contributed by atoms with Crippen molar-refractivity contribution in [1.29, 1.82) is 0 Å². The van der Waals surface area contributed by atoms with E-state index in [-0.39, 0.29) is 11.7 Å². The molecular formula is C12H15BrFNO2. The van der Waals surface area contributed by atoms with Crippen LogP contribution in [0.25, 0.3) is 0 Å². The van der Waals surface area contributed by atoms with Gasteiger partial charge in [-0.25, -0.2) is 4.39 Å². The van der Waals surface area contributed by atoms with Crippen LogP contribution in [0, 0.1) is 5.82 Å². The Kier molecular flexibility index (Phi) is 6.15. The van der Waals surface area contributed by atoms with E-state index in [0.717, 1.165) is 12.8 Å². The second-order valence-corrected chi connectivity index (χ2v) is 4.48. The van der Waals surface area contributed by atoms with E-state index in [0.29, 0.717) is 23.2 Å².